The van der Waals surface area contributed by atoms with Gasteiger partial charge in [0.2, 0.25) is 5.91 Å². The average Bonchev–Trinajstić information content (AvgIpc) is 3.23. The lowest BCUT2D eigenvalue weighted by Gasteiger charge is -2.29. The molecular weight excluding hydrogens is 458 g/mol. The molecule has 1 N–H and O–H groups in total. The van der Waals surface area contributed by atoms with Crippen molar-refractivity contribution in [2.45, 2.75) is 51.9 Å². The molecule has 0 bridgehead atoms. The number of anilines is 2. The summed E-state index contributed by atoms with van der Waals surface area (Å²) in [6.07, 6.45) is 4.93. The SMILES string of the molecule is Cc1ccc(Nc2c(C3=CCC(F)C=C3)nc3n2CCN(C(=O)CC(C)c2ccc(F)cc2)C3)cc1. The summed E-state index contributed by atoms with van der Waals surface area (Å²) in [5.74, 6) is 1.41. The van der Waals surface area contributed by atoms with E-state index in [2.05, 4.69) is 9.88 Å². The predicted molar refractivity (Wildman–Crippen MR) is 138 cm³/mol. The number of nitrogens with zero attached hydrogens (tertiary/aromatic N) is 3. The molecule has 7 heteroatoms. The van der Waals surface area contributed by atoms with E-state index in [9.17, 15) is 13.6 Å². The summed E-state index contributed by atoms with van der Waals surface area (Å²) in [4.78, 5) is 19.9. The minimum atomic E-state index is -0.976. The number of carbonyl (C=O) groups is 1. The van der Waals surface area contributed by atoms with Crippen LogP contribution in [0.3, 0.4) is 0 Å². The fraction of sp³-hybridized carbons (Fsp3) is 0.310. The second-order valence-corrected chi connectivity index (χ2v) is 9.61. The van der Waals surface area contributed by atoms with Gasteiger partial charge >= 0.3 is 0 Å². The van der Waals surface area contributed by atoms with Crippen LogP contribution in [0.2, 0.25) is 0 Å². The minimum absolute atomic E-state index is 0.0136. The van der Waals surface area contributed by atoms with Gasteiger partial charge in [-0.25, -0.2) is 13.8 Å². The highest BCUT2D eigenvalue weighted by Gasteiger charge is 2.28. The number of imidazole rings is 1. The smallest absolute Gasteiger partial charge is 0.223 e. The van der Waals surface area contributed by atoms with Crippen molar-refractivity contribution in [2.24, 2.45) is 0 Å². The molecule has 5 nitrogen and oxygen atoms in total. The Bertz CT molecular complexity index is 1310. The second-order valence-electron chi connectivity index (χ2n) is 9.61. The first-order valence-corrected chi connectivity index (χ1v) is 12.4. The van der Waals surface area contributed by atoms with Crippen LogP contribution in [0.1, 0.15) is 48.3 Å². The Morgan fingerprint density at radius 1 is 1.14 bits per heavy atom. The number of aryl methyl sites for hydroxylation is 1. The van der Waals surface area contributed by atoms with Crippen molar-refractivity contribution in [1.29, 1.82) is 0 Å². The standard InChI is InChI=1S/C29H30F2N4O/c1-19-3-13-25(14-4-19)32-29-28(22-7-11-24(31)12-8-22)33-26-18-34(15-16-35(26)29)27(36)17-20(2)21-5-9-23(30)10-6-21/h3-11,13-14,20,24,32H,12,15-18H2,1-2H3. The van der Waals surface area contributed by atoms with E-state index in [-0.39, 0.29) is 17.6 Å². The highest BCUT2D eigenvalue weighted by molar-refractivity contribution is 5.82. The number of benzene rings is 2. The molecule has 2 atom stereocenters. The van der Waals surface area contributed by atoms with E-state index in [4.69, 9.17) is 4.98 Å². The number of nitrogens with one attached hydrogen (secondary N) is 1. The highest BCUT2D eigenvalue weighted by Crippen LogP contribution is 2.33. The van der Waals surface area contributed by atoms with Crippen LogP contribution in [-0.4, -0.2) is 33.1 Å². The Kier molecular flexibility index (Phi) is 6.72. The zero-order chi connectivity index (χ0) is 25.2. The molecule has 3 aromatic rings. The molecule has 0 saturated heterocycles. The summed E-state index contributed by atoms with van der Waals surface area (Å²) in [6.45, 7) is 5.61. The van der Waals surface area contributed by atoms with Gasteiger partial charge in [0.15, 0.2) is 0 Å². The third kappa shape index (κ3) is 5.10. The van der Waals surface area contributed by atoms with E-state index >= 15 is 0 Å². The molecule has 2 aliphatic rings. The third-order valence-corrected chi connectivity index (χ3v) is 6.88. The molecule has 1 aromatic heterocycles. The molecule has 36 heavy (non-hydrogen) atoms. The molecule has 1 amide bonds. The lowest BCUT2D eigenvalue weighted by atomic mass is 9.97. The van der Waals surface area contributed by atoms with Crippen LogP contribution < -0.4 is 5.32 Å². The van der Waals surface area contributed by atoms with E-state index in [0.717, 1.165) is 34.2 Å². The van der Waals surface area contributed by atoms with Crippen molar-refractivity contribution in [2.75, 3.05) is 11.9 Å². The van der Waals surface area contributed by atoms with Gasteiger partial charge < -0.3 is 14.8 Å². The van der Waals surface area contributed by atoms with E-state index in [1.807, 2.05) is 49.1 Å². The van der Waals surface area contributed by atoms with E-state index in [1.165, 1.54) is 17.7 Å². The van der Waals surface area contributed by atoms with Crippen LogP contribution in [0.15, 0.2) is 66.8 Å². The summed E-state index contributed by atoms with van der Waals surface area (Å²) in [6, 6.07) is 14.5. The van der Waals surface area contributed by atoms with Gasteiger partial charge in [0.1, 0.15) is 29.3 Å². The fourth-order valence-electron chi connectivity index (χ4n) is 4.72. The lowest BCUT2D eigenvalue weighted by Crippen LogP contribution is -2.39. The maximum absolute atomic E-state index is 13.7. The summed E-state index contributed by atoms with van der Waals surface area (Å²) in [5, 5.41) is 3.52. The van der Waals surface area contributed by atoms with Gasteiger partial charge in [-0.1, -0.05) is 48.9 Å². The van der Waals surface area contributed by atoms with Gasteiger partial charge in [0, 0.05) is 31.6 Å². The molecule has 0 radical (unpaired) electrons. The van der Waals surface area contributed by atoms with E-state index in [1.54, 1.807) is 24.3 Å². The van der Waals surface area contributed by atoms with Gasteiger partial charge in [0.25, 0.3) is 0 Å². The first kappa shape index (κ1) is 24.0. The Labute approximate surface area is 210 Å². The summed E-state index contributed by atoms with van der Waals surface area (Å²) in [7, 11) is 0. The maximum atomic E-state index is 13.7. The fourth-order valence-corrected chi connectivity index (χ4v) is 4.72. The number of fused-ring (bicyclic) bond motifs is 1. The monoisotopic (exact) mass is 488 g/mol. The Morgan fingerprint density at radius 3 is 2.58 bits per heavy atom. The third-order valence-electron chi connectivity index (χ3n) is 6.88. The van der Waals surface area contributed by atoms with Crippen LogP contribution in [0.25, 0.3) is 5.57 Å². The summed E-state index contributed by atoms with van der Waals surface area (Å²) < 4.78 is 29.1. The normalized spacial score (nSPS) is 17.9. The summed E-state index contributed by atoms with van der Waals surface area (Å²) in [5.41, 5.74) is 4.70. The summed E-state index contributed by atoms with van der Waals surface area (Å²) >= 11 is 0. The molecule has 2 heterocycles. The van der Waals surface area contributed by atoms with Gasteiger partial charge in [-0.05, 0) is 54.3 Å². The number of hydrogen-bond acceptors (Lipinski definition) is 3. The first-order chi connectivity index (χ1) is 17.4. The van der Waals surface area contributed by atoms with Crippen LogP contribution in [0.5, 0.6) is 0 Å². The number of rotatable bonds is 6. The molecule has 0 spiro atoms. The van der Waals surface area contributed by atoms with Crippen molar-refractivity contribution in [1.82, 2.24) is 14.5 Å². The number of allylic oxidation sites excluding steroid dienone is 4. The predicted octanol–water partition coefficient (Wildman–Crippen LogP) is 6.29. The number of aromatic nitrogens is 2. The quantitative estimate of drug-likeness (QED) is 0.444. The second kappa shape index (κ2) is 10.1. The van der Waals surface area contributed by atoms with Crippen molar-refractivity contribution < 1.29 is 13.6 Å². The first-order valence-electron chi connectivity index (χ1n) is 12.4. The molecule has 2 unspecified atom stereocenters. The lowest BCUT2D eigenvalue weighted by molar-refractivity contribution is -0.133. The topological polar surface area (TPSA) is 50.2 Å². The van der Waals surface area contributed by atoms with E-state index < -0.39 is 6.17 Å². The van der Waals surface area contributed by atoms with Crippen molar-refractivity contribution >= 4 is 23.0 Å². The van der Waals surface area contributed by atoms with Crippen LogP contribution in [0.4, 0.5) is 20.3 Å². The molecule has 2 aromatic carbocycles. The van der Waals surface area contributed by atoms with E-state index in [0.29, 0.717) is 32.5 Å². The molecule has 0 fully saturated rings. The zero-order valence-electron chi connectivity index (χ0n) is 20.5. The van der Waals surface area contributed by atoms with Crippen LogP contribution in [-0.2, 0) is 17.9 Å². The van der Waals surface area contributed by atoms with Gasteiger partial charge in [-0.15, -0.1) is 0 Å². The maximum Gasteiger partial charge on any atom is 0.223 e. The van der Waals surface area contributed by atoms with Gasteiger partial charge in [0.05, 0.1) is 6.54 Å². The number of alkyl halides is 1. The van der Waals surface area contributed by atoms with Crippen LogP contribution >= 0.6 is 0 Å². The average molecular weight is 489 g/mol. The number of halogens is 2. The Balaban J connectivity index is 1.38. The highest BCUT2D eigenvalue weighted by atomic mass is 19.1. The molecule has 1 aliphatic carbocycles. The molecule has 186 valence electrons. The van der Waals surface area contributed by atoms with Crippen molar-refractivity contribution in [3.05, 3.63) is 95.2 Å². The molecule has 5 rings (SSSR count). The zero-order valence-corrected chi connectivity index (χ0v) is 20.5. The molecule has 0 saturated carbocycles. The van der Waals surface area contributed by atoms with Gasteiger partial charge in [-0.2, -0.15) is 0 Å². The molecular formula is C29H30F2N4O. The largest absolute Gasteiger partial charge is 0.340 e. The van der Waals surface area contributed by atoms with Crippen molar-refractivity contribution in [3.8, 4) is 0 Å². The minimum Gasteiger partial charge on any atom is -0.340 e. The Hall–Kier alpha value is -3.74. The number of hydrogen-bond donors (Lipinski definition) is 1. The Morgan fingerprint density at radius 2 is 1.89 bits per heavy atom. The van der Waals surface area contributed by atoms with Crippen LogP contribution in [0, 0.1) is 12.7 Å². The number of carbonyl (C=O) groups excluding carboxylic acids is 1. The van der Waals surface area contributed by atoms with Gasteiger partial charge in [-0.3, -0.25) is 4.79 Å². The van der Waals surface area contributed by atoms with Crippen molar-refractivity contribution in [3.63, 3.8) is 0 Å². The molecule has 1 aliphatic heterocycles. The number of amides is 1.